The number of aliphatic hydroxyl groups excluding tert-OH is 1. The summed E-state index contributed by atoms with van der Waals surface area (Å²) in [5.41, 5.74) is 9.46. The Morgan fingerprint density at radius 2 is 2.08 bits per heavy atom. The normalized spacial score (nSPS) is 16.8. The molecule has 2 heterocycles. The first-order valence-corrected chi connectivity index (χ1v) is 8.66. The number of fused-ring (bicyclic) bond motifs is 1. The lowest BCUT2D eigenvalue weighted by molar-refractivity contribution is 0.0900. The first-order chi connectivity index (χ1) is 11.9. The van der Waals surface area contributed by atoms with Crippen LogP contribution < -0.4 is 15.8 Å². The van der Waals surface area contributed by atoms with E-state index in [4.69, 9.17) is 15.9 Å². The van der Waals surface area contributed by atoms with E-state index in [0.29, 0.717) is 28.4 Å². The number of nitrogens with one attached hydrogen (secondary N) is 2. The lowest BCUT2D eigenvalue weighted by atomic mass is 9.83. The minimum atomic E-state index is -0.684. The fraction of sp³-hybridized carbons (Fsp3) is 0.474. The van der Waals surface area contributed by atoms with E-state index < -0.39 is 6.10 Å². The van der Waals surface area contributed by atoms with Crippen LogP contribution in [0.4, 0.5) is 5.82 Å². The highest BCUT2D eigenvalue weighted by Crippen LogP contribution is 2.39. The highest BCUT2D eigenvalue weighted by Gasteiger charge is 2.29. The van der Waals surface area contributed by atoms with E-state index in [1.807, 2.05) is 19.1 Å². The Labute approximate surface area is 147 Å². The molecule has 134 valence electrons. The SMILES string of the molecule is COc1cc(C)c2nc(N)c(C(C)=N)c(C(O)C3CCNCC3)c2c1. The minimum Gasteiger partial charge on any atom is -0.497 e. The van der Waals surface area contributed by atoms with Crippen molar-refractivity contribution in [2.24, 2.45) is 5.92 Å². The Hall–Kier alpha value is -2.18. The van der Waals surface area contributed by atoms with Gasteiger partial charge in [0.25, 0.3) is 0 Å². The van der Waals surface area contributed by atoms with Crippen molar-refractivity contribution in [1.29, 1.82) is 5.41 Å². The number of hydrogen-bond donors (Lipinski definition) is 4. The quantitative estimate of drug-likeness (QED) is 0.639. The van der Waals surface area contributed by atoms with Gasteiger partial charge in [-0.2, -0.15) is 0 Å². The predicted octanol–water partition coefficient (Wildman–Crippen LogP) is 2.55. The molecular formula is C19H26N4O2. The molecule has 2 aromatic rings. The number of benzene rings is 1. The number of methoxy groups -OCH3 is 1. The van der Waals surface area contributed by atoms with Gasteiger partial charge < -0.3 is 26.3 Å². The van der Waals surface area contributed by atoms with Crippen molar-refractivity contribution in [3.8, 4) is 5.75 Å². The standard InChI is InChI=1S/C19H26N4O2/c1-10-8-13(25-3)9-14-16(18(24)12-4-6-22-7-5-12)15(11(2)20)19(21)23-17(10)14/h8-9,12,18,20,22,24H,4-7H2,1-3H3,(H2,21,23). The second-order valence-corrected chi connectivity index (χ2v) is 6.78. The van der Waals surface area contributed by atoms with Gasteiger partial charge in [-0.1, -0.05) is 0 Å². The molecule has 1 atom stereocenters. The highest BCUT2D eigenvalue weighted by molar-refractivity contribution is 6.06. The van der Waals surface area contributed by atoms with Crippen LogP contribution in [0.2, 0.25) is 0 Å². The summed E-state index contributed by atoms with van der Waals surface area (Å²) in [4.78, 5) is 4.52. The van der Waals surface area contributed by atoms with Gasteiger partial charge in [0.2, 0.25) is 0 Å². The van der Waals surface area contributed by atoms with Crippen LogP contribution in [-0.4, -0.2) is 36.0 Å². The van der Waals surface area contributed by atoms with Gasteiger partial charge >= 0.3 is 0 Å². The van der Waals surface area contributed by atoms with E-state index in [0.717, 1.165) is 42.4 Å². The molecule has 0 bridgehead atoms. The average molecular weight is 342 g/mol. The zero-order chi connectivity index (χ0) is 18.1. The smallest absolute Gasteiger partial charge is 0.133 e. The Morgan fingerprint density at radius 3 is 2.68 bits per heavy atom. The number of hydrogen-bond acceptors (Lipinski definition) is 6. The molecule has 1 saturated heterocycles. The number of aromatic nitrogens is 1. The molecule has 1 unspecified atom stereocenters. The van der Waals surface area contributed by atoms with Crippen molar-refractivity contribution >= 4 is 22.4 Å². The van der Waals surface area contributed by atoms with E-state index in [9.17, 15) is 5.11 Å². The molecule has 1 aromatic heterocycles. The number of rotatable bonds is 4. The van der Waals surface area contributed by atoms with Gasteiger partial charge in [0.05, 0.1) is 18.7 Å². The average Bonchev–Trinajstić information content (AvgIpc) is 2.61. The van der Waals surface area contributed by atoms with E-state index in [1.165, 1.54) is 0 Å². The number of nitrogen functional groups attached to an aromatic ring is 1. The molecule has 1 aromatic carbocycles. The second kappa shape index (κ2) is 6.98. The van der Waals surface area contributed by atoms with Crippen LogP contribution in [0.5, 0.6) is 5.75 Å². The van der Waals surface area contributed by atoms with Crippen molar-refractivity contribution in [2.75, 3.05) is 25.9 Å². The summed E-state index contributed by atoms with van der Waals surface area (Å²) >= 11 is 0. The van der Waals surface area contributed by atoms with Crippen LogP contribution in [0.3, 0.4) is 0 Å². The summed E-state index contributed by atoms with van der Waals surface area (Å²) in [6, 6.07) is 3.80. The minimum absolute atomic E-state index is 0.135. The molecule has 0 spiro atoms. The number of pyridine rings is 1. The van der Waals surface area contributed by atoms with Crippen LogP contribution in [0.1, 0.15) is 42.6 Å². The lowest BCUT2D eigenvalue weighted by Crippen LogP contribution is -2.31. The summed E-state index contributed by atoms with van der Waals surface area (Å²) in [7, 11) is 1.62. The van der Waals surface area contributed by atoms with Crippen LogP contribution >= 0.6 is 0 Å². The predicted molar refractivity (Wildman–Crippen MR) is 101 cm³/mol. The summed E-state index contributed by atoms with van der Waals surface area (Å²) in [5.74, 6) is 1.15. The van der Waals surface area contributed by atoms with Gasteiger partial charge in [0.15, 0.2) is 0 Å². The maximum atomic E-state index is 11.2. The third kappa shape index (κ3) is 3.19. The number of piperidine rings is 1. The maximum absolute atomic E-state index is 11.2. The second-order valence-electron chi connectivity index (χ2n) is 6.78. The molecule has 1 fully saturated rings. The van der Waals surface area contributed by atoms with Crippen molar-refractivity contribution < 1.29 is 9.84 Å². The largest absolute Gasteiger partial charge is 0.497 e. The molecule has 25 heavy (non-hydrogen) atoms. The fourth-order valence-electron chi connectivity index (χ4n) is 3.76. The third-order valence-electron chi connectivity index (χ3n) is 5.06. The van der Waals surface area contributed by atoms with E-state index in [2.05, 4.69) is 10.3 Å². The van der Waals surface area contributed by atoms with Crippen molar-refractivity contribution in [1.82, 2.24) is 10.3 Å². The number of anilines is 1. The van der Waals surface area contributed by atoms with Crippen molar-refractivity contribution in [3.63, 3.8) is 0 Å². The molecule has 0 radical (unpaired) electrons. The van der Waals surface area contributed by atoms with Gasteiger partial charge in [-0.3, -0.25) is 0 Å². The Balaban J connectivity index is 2.29. The molecule has 3 rings (SSSR count). The van der Waals surface area contributed by atoms with E-state index in [-0.39, 0.29) is 5.92 Å². The highest BCUT2D eigenvalue weighted by atomic mass is 16.5. The van der Waals surface area contributed by atoms with Crippen LogP contribution in [0, 0.1) is 18.3 Å². The molecule has 5 N–H and O–H groups in total. The summed E-state index contributed by atoms with van der Waals surface area (Å²) in [6.07, 6.45) is 1.10. The van der Waals surface area contributed by atoms with Crippen molar-refractivity contribution in [3.05, 3.63) is 28.8 Å². The topological polar surface area (TPSA) is 104 Å². The van der Waals surface area contributed by atoms with Crippen LogP contribution in [0.15, 0.2) is 12.1 Å². The number of aliphatic hydroxyl groups is 1. The number of nitrogens with zero attached hydrogens (tertiary/aromatic N) is 1. The van der Waals surface area contributed by atoms with Gasteiger partial charge in [0.1, 0.15) is 11.6 Å². The summed E-state index contributed by atoms with van der Waals surface area (Å²) in [6.45, 7) is 5.42. The molecule has 1 aliphatic rings. The monoisotopic (exact) mass is 342 g/mol. The first kappa shape index (κ1) is 17.6. The van der Waals surface area contributed by atoms with E-state index in [1.54, 1.807) is 14.0 Å². The molecule has 0 saturated carbocycles. The first-order valence-electron chi connectivity index (χ1n) is 8.66. The molecular weight excluding hydrogens is 316 g/mol. The van der Waals surface area contributed by atoms with E-state index >= 15 is 0 Å². The van der Waals surface area contributed by atoms with Crippen LogP contribution in [0.25, 0.3) is 10.9 Å². The Kier molecular flexibility index (Phi) is 4.92. The summed E-state index contributed by atoms with van der Waals surface area (Å²) in [5, 5.41) is 23.5. The Bertz CT molecular complexity index is 813. The Morgan fingerprint density at radius 1 is 1.40 bits per heavy atom. The summed E-state index contributed by atoms with van der Waals surface area (Å²) < 4.78 is 5.41. The fourth-order valence-corrected chi connectivity index (χ4v) is 3.76. The zero-order valence-electron chi connectivity index (χ0n) is 15.0. The third-order valence-corrected chi connectivity index (χ3v) is 5.06. The van der Waals surface area contributed by atoms with Gasteiger partial charge in [-0.25, -0.2) is 4.98 Å². The number of aryl methyl sites for hydroxylation is 1. The van der Waals surface area contributed by atoms with Crippen LogP contribution in [-0.2, 0) is 0 Å². The molecule has 1 aliphatic heterocycles. The molecule has 0 amide bonds. The maximum Gasteiger partial charge on any atom is 0.133 e. The molecule has 6 heteroatoms. The number of nitrogens with two attached hydrogens (primary N) is 1. The van der Waals surface area contributed by atoms with Crippen molar-refractivity contribution in [2.45, 2.75) is 32.8 Å². The van der Waals surface area contributed by atoms with Gasteiger partial charge in [-0.15, -0.1) is 0 Å². The molecule has 6 nitrogen and oxygen atoms in total. The van der Waals surface area contributed by atoms with Gasteiger partial charge in [0, 0.05) is 22.2 Å². The zero-order valence-corrected chi connectivity index (χ0v) is 15.0. The number of ether oxygens (including phenoxy) is 1. The van der Waals surface area contributed by atoms with Gasteiger partial charge in [-0.05, 0) is 63.4 Å². The lowest BCUT2D eigenvalue weighted by Gasteiger charge is -2.30. The molecule has 0 aliphatic carbocycles.